The number of anilines is 1. The molecular weight excluding hydrogens is 353 g/mol. The highest BCUT2D eigenvalue weighted by atomic mass is 19.4. The molecule has 0 unspecified atom stereocenters. The Kier molecular flexibility index (Phi) is 4.70. The van der Waals surface area contributed by atoms with E-state index in [1.807, 2.05) is 4.90 Å². The number of amides is 2. The lowest BCUT2D eigenvalue weighted by Gasteiger charge is -2.36. The number of nitrogens with zero attached hydrogens (tertiary/aromatic N) is 6. The van der Waals surface area contributed by atoms with Crippen LogP contribution >= 0.6 is 0 Å². The quantitative estimate of drug-likeness (QED) is 0.804. The van der Waals surface area contributed by atoms with Crippen LogP contribution in [0.4, 0.5) is 23.8 Å². The van der Waals surface area contributed by atoms with Crippen molar-refractivity contribution in [3.05, 3.63) is 24.2 Å². The third-order valence-electron chi connectivity index (χ3n) is 3.93. The Balaban J connectivity index is 1.65. The van der Waals surface area contributed by atoms with Crippen molar-refractivity contribution in [2.24, 2.45) is 0 Å². The van der Waals surface area contributed by atoms with Gasteiger partial charge in [-0.05, 0) is 12.1 Å². The van der Waals surface area contributed by atoms with Crippen LogP contribution < -0.4 is 4.90 Å². The van der Waals surface area contributed by atoms with Gasteiger partial charge in [0.05, 0.1) is 0 Å². The number of aromatic nitrogens is 3. The van der Waals surface area contributed by atoms with Gasteiger partial charge >= 0.3 is 18.1 Å². The Morgan fingerprint density at radius 1 is 1.19 bits per heavy atom. The molecule has 140 valence electrons. The number of alkyl halides is 3. The summed E-state index contributed by atoms with van der Waals surface area (Å²) < 4.78 is 41.8. The Morgan fingerprint density at radius 3 is 2.38 bits per heavy atom. The normalized spacial score (nSPS) is 15.3. The minimum Gasteiger partial charge on any atom is -0.353 e. The maximum Gasteiger partial charge on any atom is 0.471 e. The predicted molar refractivity (Wildman–Crippen MR) is 85.4 cm³/mol. The fourth-order valence-corrected chi connectivity index (χ4v) is 2.57. The van der Waals surface area contributed by atoms with Crippen molar-refractivity contribution in [3.63, 3.8) is 0 Å². The predicted octanol–water partition coefficient (Wildman–Crippen LogP) is 1.95. The number of carbonyl (C=O) groups excluding carboxylic acids is 1. The lowest BCUT2D eigenvalue weighted by Crippen LogP contribution is -2.51. The number of piperazine rings is 1. The molecule has 3 heterocycles. The van der Waals surface area contributed by atoms with Gasteiger partial charge in [-0.3, -0.25) is 0 Å². The van der Waals surface area contributed by atoms with E-state index in [2.05, 4.69) is 19.6 Å². The van der Waals surface area contributed by atoms with Gasteiger partial charge in [0.25, 0.3) is 0 Å². The van der Waals surface area contributed by atoms with E-state index in [1.54, 1.807) is 31.1 Å². The molecule has 0 N–H and O–H groups in total. The van der Waals surface area contributed by atoms with E-state index in [1.165, 1.54) is 11.1 Å². The molecule has 0 bridgehead atoms. The topological polar surface area (TPSA) is 78.6 Å². The summed E-state index contributed by atoms with van der Waals surface area (Å²) in [4.78, 5) is 24.8. The van der Waals surface area contributed by atoms with Gasteiger partial charge in [-0.2, -0.15) is 18.2 Å². The van der Waals surface area contributed by atoms with Crippen molar-refractivity contribution in [2.45, 2.75) is 6.18 Å². The van der Waals surface area contributed by atoms with Gasteiger partial charge in [-0.15, -0.1) is 0 Å². The van der Waals surface area contributed by atoms with E-state index in [-0.39, 0.29) is 11.9 Å². The molecule has 2 amide bonds. The SMILES string of the molecule is CN(C)C(=O)N1CCN(c2ccc(-c3noc(C(F)(F)F)n3)cn2)CC1. The third kappa shape index (κ3) is 3.70. The smallest absolute Gasteiger partial charge is 0.353 e. The molecule has 2 aromatic heterocycles. The average Bonchev–Trinajstić information content (AvgIpc) is 3.12. The van der Waals surface area contributed by atoms with Gasteiger partial charge in [-0.1, -0.05) is 5.16 Å². The molecule has 8 nitrogen and oxygen atoms in total. The van der Waals surface area contributed by atoms with Crippen LogP contribution in [-0.4, -0.2) is 71.2 Å². The largest absolute Gasteiger partial charge is 0.471 e. The first-order valence-electron chi connectivity index (χ1n) is 7.84. The molecule has 0 aliphatic carbocycles. The lowest BCUT2D eigenvalue weighted by molar-refractivity contribution is -0.159. The van der Waals surface area contributed by atoms with E-state index in [4.69, 9.17) is 0 Å². The molecule has 26 heavy (non-hydrogen) atoms. The number of rotatable bonds is 2. The molecule has 1 aliphatic rings. The van der Waals surface area contributed by atoms with Gasteiger partial charge in [0.15, 0.2) is 0 Å². The summed E-state index contributed by atoms with van der Waals surface area (Å²) in [5, 5.41) is 3.33. The fraction of sp³-hybridized carbons (Fsp3) is 0.467. The van der Waals surface area contributed by atoms with Crippen LogP contribution in [-0.2, 0) is 6.18 Å². The number of pyridine rings is 1. The zero-order chi connectivity index (χ0) is 18.9. The molecular formula is C15H17F3N6O2. The molecule has 1 aliphatic heterocycles. The summed E-state index contributed by atoms with van der Waals surface area (Å²) in [5.74, 6) is -0.888. The third-order valence-corrected chi connectivity index (χ3v) is 3.93. The molecule has 0 spiro atoms. The molecule has 0 atom stereocenters. The molecule has 0 radical (unpaired) electrons. The number of hydrogen-bond donors (Lipinski definition) is 0. The molecule has 2 aromatic rings. The van der Waals surface area contributed by atoms with Crippen LogP contribution in [0.3, 0.4) is 0 Å². The molecule has 0 saturated carbocycles. The first-order valence-corrected chi connectivity index (χ1v) is 7.84. The minimum absolute atomic E-state index is 0.0365. The van der Waals surface area contributed by atoms with Crippen molar-refractivity contribution in [2.75, 3.05) is 45.2 Å². The summed E-state index contributed by atoms with van der Waals surface area (Å²) >= 11 is 0. The van der Waals surface area contributed by atoms with Crippen LogP contribution in [0.2, 0.25) is 0 Å². The highest BCUT2D eigenvalue weighted by molar-refractivity contribution is 5.74. The van der Waals surface area contributed by atoms with Crippen molar-refractivity contribution in [1.29, 1.82) is 0 Å². The summed E-state index contributed by atoms with van der Waals surface area (Å²) in [6, 6.07) is 3.23. The van der Waals surface area contributed by atoms with E-state index in [0.717, 1.165) is 0 Å². The molecule has 1 saturated heterocycles. The summed E-state index contributed by atoms with van der Waals surface area (Å²) in [7, 11) is 3.41. The van der Waals surface area contributed by atoms with Gasteiger partial charge in [-0.25, -0.2) is 9.78 Å². The molecule has 3 rings (SSSR count). The van der Waals surface area contributed by atoms with Crippen LogP contribution in [0.15, 0.2) is 22.9 Å². The maximum absolute atomic E-state index is 12.5. The monoisotopic (exact) mass is 370 g/mol. The first-order chi connectivity index (χ1) is 12.3. The molecule has 11 heteroatoms. The lowest BCUT2D eigenvalue weighted by atomic mass is 10.2. The van der Waals surface area contributed by atoms with E-state index < -0.39 is 12.1 Å². The number of hydrogen-bond acceptors (Lipinski definition) is 6. The Morgan fingerprint density at radius 2 is 1.88 bits per heavy atom. The molecule has 0 aromatic carbocycles. The van der Waals surface area contributed by atoms with Crippen molar-refractivity contribution < 1.29 is 22.5 Å². The Labute approximate surface area is 147 Å². The second-order valence-corrected chi connectivity index (χ2v) is 5.98. The van der Waals surface area contributed by atoms with E-state index in [0.29, 0.717) is 37.6 Å². The zero-order valence-electron chi connectivity index (χ0n) is 14.2. The minimum atomic E-state index is -4.68. The van der Waals surface area contributed by atoms with Crippen molar-refractivity contribution in [3.8, 4) is 11.4 Å². The van der Waals surface area contributed by atoms with Crippen LogP contribution in [0, 0.1) is 0 Å². The van der Waals surface area contributed by atoms with Gasteiger partial charge in [0.2, 0.25) is 5.82 Å². The second-order valence-electron chi connectivity index (χ2n) is 5.98. The first kappa shape index (κ1) is 18.0. The van der Waals surface area contributed by atoms with E-state index in [9.17, 15) is 18.0 Å². The number of carbonyl (C=O) groups is 1. The zero-order valence-corrected chi connectivity index (χ0v) is 14.2. The standard InChI is InChI=1S/C15H17F3N6O2/c1-22(2)14(25)24-7-5-23(6-8-24)11-4-3-10(9-19-11)12-20-13(26-21-12)15(16,17)18/h3-4,9H,5-8H2,1-2H3. The van der Waals surface area contributed by atoms with Crippen molar-refractivity contribution >= 4 is 11.8 Å². The highest BCUT2D eigenvalue weighted by Gasteiger charge is 2.38. The summed E-state index contributed by atoms with van der Waals surface area (Å²) in [6.45, 7) is 2.37. The van der Waals surface area contributed by atoms with Gasteiger partial charge in [0.1, 0.15) is 5.82 Å². The summed E-state index contributed by atoms with van der Waals surface area (Å²) in [5.41, 5.74) is 0.328. The van der Waals surface area contributed by atoms with Crippen LogP contribution in [0.1, 0.15) is 5.89 Å². The fourth-order valence-electron chi connectivity index (χ4n) is 2.57. The summed E-state index contributed by atoms with van der Waals surface area (Å²) in [6.07, 6.45) is -3.28. The van der Waals surface area contributed by atoms with Gasteiger partial charge in [0, 0.05) is 52.0 Å². The van der Waals surface area contributed by atoms with E-state index >= 15 is 0 Å². The average molecular weight is 370 g/mol. The second kappa shape index (κ2) is 6.81. The Hall–Kier alpha value is -2.85. The van der Waals surface area contributed by atoms with Crippen LogP contribution in [0.5, 0.6) is 0 Å². The Bertz CT molecular complexity index is 766. The molecule has 1 fully saturated rings. The van der Waals surface area contributed by atoms with Gasteiger partial charge < -0.3 is 19.2 Å². The highest BCUT2D eigenvalue weighted by Crippen LogP contribution is 2.29. The number of halogens is 3. The van der Waals surface area contributed by atoms with Crippen molar-refractivity contribution in [1.82, 2.24) is 24.9 Å². The maximum atomic E-state index is 12.5. The van der Waals surface area contributed by atoms with Crippen LogP contribution in [0.25, 0.3) is 11.4 Å². The number of urea groups is 1.